The van der Waals surface area contributed by atoms with E-state index in [0.29, 0.717) is 17.5 Å². The molecule has 0 radical (unpaired) electrons. The van der Waals surface area contributed by atoms with Crippen LogP contribution >= 0.6 is 11.6 Å². The second kappa shape index (κ2) is 4.42. The monoisotopic (exact) mass is 223 g/mol. The third-order valence-electron chi connectivity index (χ3n) is 2.05. The number of fused-ring (bicyclic) bond motifs is 1. The summed E-state index contributed by atoms with van der Waals surface area (Å²) in [6.45, 7) is 0.499. The van der Waals surface area contributed by atoms with Gasteiger partial charge in [0.1, 0.15) is 0 Å². The fourth-order valence-corrected chi connectivity index (χ4v) is 1.58. The van der Waals surface area contributed by atoms with Crippen molar-refractivity contribution in [3.05, 3.63) is 29.4 Å². The molecule has 15 heavy (non-hydrogen) atoms. The van der Waals surface area contributed by atoms with E-state index in [0.717, 1.165) is 10.8 Å². The van der Waals surface area contributed by atoms with E-state index in [4.69, 9.17) is 16.7 Å². The Labute approximate surface area is 91.9 Å². The first kappa shape index (κ1) is 10.1. The van der Waals surface area contributed by atoms with Crippen LogP contribution in [0.3, 0.4) is 0 Å². The highest BCUT2D eigenvalue weighted by molar-refractivity contribution is 6.34. The van der Waals surface area contributed by atoms with Gasteiger partial charge in [-0.3, -0.25) is 0 Å². The van der Waals surface area contributed by atoms with Gasteiger partial charge in [-0.25, -0.2) is 0 Å². The largest absolute Gasteiger partial charge is 0.395 e. The summed E-state index contributed by atoms with van der Waals surface area (Å²) in [6, 6.07) is 7.60. The van der Waals surface area contributed by atoms with Crippen molar-refractivity contribution < 1.29 is 5.11 Å². The molecule has 0 fully saturated rings. The standard InChI is InChI=1S/C10H10ClN3O/c11-9-7-3-1-2-4-8(7)10(14-13-9)12-5-6-15/h1-4,15H,5-6H2,(H,12,14). The maximum Gasteiger partial charge on any atom is 0.159 e. The predicted molar refractivity (Wildman–Crippen MR) is 60.1 cm³/mol. The van der Waals surface area contributed by atoms with Crippen LogP contribution in [0, 0.1) is 0 Å². The molecule has 0 atom stereocenters. The number of aliphatic hydroxyl groups is 1. The van der Waals surface area contributed by atoms with Crippen molar-refractivity contribution in [2.24, 2.45) is 0 Å². The van der Waals surface area contributed by atoms with Crippen LogP contribution in [0.25, 0.3) is 10.8 Å². The maximum absolute atomic E-state index is 8.72. The van der Waals surface area contributed by atoms with Crippen LogP contribution in [0.1, 0.15) is 0 Å². The lowest BCUT2D eigenvalue weighted by Gasteiger charge is -2.06. The van der Waals surface area contributed by atoms with Crippen LogP contribution in [-0.2, 0) is 0 Å². The number of halogens is 1. The Balaban J connectivity index is 2.51. The molecule has 0 aliphatic carbocycles. The van der Waals surface area contributed by atoms with Crippen molar-refractivity contribution in [3.63, 3.8) is 0 Å². The average Bonchev–Trinajstić information content (AvgIpc) is 2.29. The Hall–Kier alpha value is -1.39. The molecule has 0 amide bonds. The summed E-state index contributed by atoms with van der Waals surface area (Å²) in [5, 5.41) is 21.6. The minimum Gasteiger partial charge on any atom is -0.395 e. The summed E-state index contributed by atoms with van der Waals surface area (Å²) in [5.74, 6) is 0.643. The molecule has 78 valence electrons. The van der Waals surface area contributed by atoms with Crippen LogP contribution in [0.4, 0.5) is 5.82 Å². The molecule has 1 aromatic heterocycles. The van der Waals surface area contributed by atoms with E-state index in [1.54, 1.807) is 0 Å². The lowest BCUT2D eigenvalue weighted by molar-refractivity contribution is 0.311. The highest BCUT2D eigenvalue weighted by Crippen LogP contribution is 2.25. The third kappa shape index (κ3) is 2.00. The number of aliphatic hydroxyl groups excluding tert-OH is 1. The Kier molecular flexibility index (Phi) is 2.99. The molecule has 4 nitrogen and oxygen atoms in total. The first-order valence-electron chi connectivity index (χ1n) is 4.58. The summed E-state index contributed by atoms with van der Waals surface area (Å²) in [5.41, 5.74) is 0. The topological polar surface area (TPSA) is 58.0 Å². The SMILES string of the molecule is OCCNc1nnc(Cl)c2ccccc12. The zero-order chi connectivity index (χ0) is 10.7. The van der Waals surface area contributed by atoms with Crippen LogP contribution in [0.5, 0.6) is 0 Å². The van der Waals surface area contributed by atoms with Crippen LogP contribution in [0.2, 0.25) is 5.15 Å². The van der Waals surface area contributed by atoms with Gasteiger partial charge in [0, 0.05) is 17.3 Å². The van der Waals surface area contributed by atoms with Gasteiger partial charge in [-0.2, -0.15) is 0 Å². The minimum absolute atomic E-state index is 0.0542. The molecule has 0 saturated carbocycles. The van der Waals surface area contributed by atoms with Gasteiger partial charge >= 0.3 is 0 Å². The molecule has 2 aromatic rings. The smallest absolute Gasteiger partial charge is 0.159 e. The van der Waals surface area contributed by atoms with Crippen molar-refractivity contribution in [1.29, 1.82) is 0 Å². The maximum atomic E-state index is 8.72. The molecule has 0 saturated heterocycles. The summed E-state index contributed by atoms with van der Waals surface area (Å²) in [6.07, 6.45) is 0. The Morgan fingerprint density at radius 3 is 2.67 bits per heavy atom. The van der Waals surface area contributed by atoms with Crippen molar-refractivity contribution in [1.82, 2.24) is 10.2 Å². The van der Waals surface area contributed by atoms with Crippen LogP contribution in [-0.4, -0.2) is 28.5 Å². The molecular weight excluding hydrogens is 214 g/mol. The molecule has 0 unspecified atom stereocenters. The van der Waals surface area contributed by atoms with E-state index in [9.17, 15) is 0 Å². The quantitative estimate of drug-likeness (QED) is 0.832. The van der Waals surface area contributed by atoms with E-state index < -0.39 is 0 Å². The molecule has 2 rings (SSSR count). The van der Waals surface area contributed by atoms with E-state index in [1.807, 2.05) is 24.3 Å². The molecule has 0 aliphatic rings. The summed E-state index contributed by atoms with van der Waals surface area (Å²) in [7, 11) is 0. The normalized spacial score (nSPS) is 10.5. The second-order valence-electron chi connectivity index (χ2n) is 3.04. The number of nitrogens with one attached hydrogen (secondary N) is 1. The van der Waals surface area contributed by atoms with E-state index in [-0.39, 0.29) is 6.61 Å². The van der Waals surface area contributed by atoms with Gasteiger partial charge in [-0.05, 0) is 0 Å². The Morgan fingerprint density at radius 2 is 1.93 bits per heavy atom. The lowest BCUT2D eigenvalue weighted by Crippen LogP contribution is -2.08. The van der Waals surface area contributed by atoms with Gasteiger partial charge in [0.05, 0.1) is 6.61 Å². The third-order valence-corrected chi connectivity index (χ3v) is 2.33. The van der Waals surface area contributed by atoms with Gasteiger partial charge in [0.15, 0.2) is 11.0 Å². The Bertz CT molecular complexity index is 475. The number of rotatable bonds is 3. The molecule has 5 heteroatoms. The fraction of sp³-hybridized carbons (Fsp3) is 0.200. The van der Waals surface area contributed by atoms with Gasteiger partial charge in [0.2, 0.25) is 0 Å². The van der Waals surface area contributed by atoms with Crippen molar-refractivity contribution in [2.75, 3.05) is 18.5 Å². The molecule has 1 heterocycles. The average molecular weight is 224 g/mol. The summed E-state index contributed by atoms with van der Waals surface area (Å²) < 4.78 is 0. The molecule has 1 aromatic carbocycles. The number of benzene rings is 1. The van der Waals surface area contributed by atoms with E-state index in [2.05, 4.69) is 15.5 Å². The van der Waals surface area contributed by atoms with Gasteiger partial charge in [-0.1, -0.05) is 35.9 Å². The van der Waals surface area contributed by atoms with Crippen molar-refractivity contribution in [2.45, 2.75) is 0 Å². The number of nitrogens with zero attached hydrogens (tertiary/aromatic N) is 2. The zero-order valence-electron chi connectivity index (χ0n) is 7.94. The van der Waals surface area contributed by atoms with Gasteiger partial charge in [-0.15, -0.1) is 10.2 Å². The van der Waals surface area contributed by atoms with E-state index >= 15 is 0 Å². The van der Waals surface area contributed by atoms with Crippen molar-refractivity contribution in [3.8, 4) is 0 Å². The zero-order valence-corrected chi connectivity index (χ0v) is 8.70. The molecule has 0 spiro atoms. The molecule has 0 bridgehead atoms. The first-order valence-corrected chi connectivity index (χ1v) is 4.96. The van der Waals surface area contributed by atoms with Crippen LogP contribution < -0.4 is 5.32 Å². The lowest BCUT2D eigenvalue weighted by atomic mass is 10.2. The number of anilines is 1. The second-order valence-corrected chi connectivity index (χ2v) is 3.39. The fourth-order valence-electron chi connectivity index (χ4n) is 1.38. The Morgan fingerprint density at radius 1 is 1.20 bits per heavy atom. The molecular formula is C10H10ClN3O. The highest BCUT2D eigenvalue weighted by Gasteiger charge is 2.05. The van der Waals surface area contributed by atoms with Crippen LogP contribution in [0.15, 0.2) is 24.3 Å². The molecule has 2 N–H and O–H groups in total. The molecule has 0 aliphatic heterocycles. The highest BCUT2D eigenvalue weighted by atomic mass is 35.5. The van der Waals surface area contributed by atoms with Gasteiger partial charge < -0.3 is 10.4 Å². The predicted octanol–water partition coefficient (Wildman–Crippen LogP) is 1.69. The van der Waals surface area contributed by atoms with E-state index in [1.165, 1.54) is 0 Å². The number of hydrogen-bond donors (Lipinski definition) is 2. The summed E-state index contributed by atoms with van der Waals surface area (Å²) >= 11 is 5.91. The first-order chi connectivity index (χ1) is 7.33. The van der Waals surface area contributed by atoms with Gasteiger partial charge in [0.25, 0.3) is 0 Å². The van der Waals surface area contributed by atoms with Crippen molar-refractivity contribution >= 4 is 28.2 Å². The summed E-state index contributed by atoms with van der Waals surface area (Å²) in [4.78, 5) is 0. The minimum atomic E-state index is 0.0542. The number of hydrogen-bond acceptors (Lipinski definition) is 4. The number of aromatic nitrogens is 2.